The minimum absolute atomic E-state index is 0.0377. The second-order valence-electron chi connectivity index (χ2n) is 13.5. The molecule has 0 bridgehead atoms. The van der Waals surface area contributed by atoms with E-state index in [1.807, 2.05) is 48.1 Å². The highest BCUT2D eigenvalue weighted by Gasteiger charge is 2.33. The Kier molecular flexibility index (Phi) is 11.2. The summed E-state index contributed by atoms with van der Waals surface area (Å²) < 4.78 is 6.15. The molecule has 0 fully saturated rings. The van der Waals surface area contributed by atoms with E-state index in [4.69, 9.17) is 10.2 Å². The number of pyridine rings is 2. The molecule has 9 nitrogen and oxygen atoms in total. The number of hydrogen-bond donors (Lipinski definition) is 2. The molecule has 8 rings (SSSR count). The number of hydrogen-bond acceptors (Lipinski definition) is 6. The summed E-state index contributed by atoms with van der Waals surface area (Å²) in [5.74, 6) is 2.40. The Morgan fingerprint density at radius 3 is 1.75 bits per heavy atom. The van der Waals surface area contributed by atoms with Gasteiger partial charge in [-0.15, -0.1) is 0 Å². The molecule has 2 aliphatic rings. The number of carbonyl (C=O) groups excluding carboxylic acids is 1. The predicted octanol–water partition coefficient (Wildman–Crippen LogP) is 10.3. The number of amides is 1. The Bertz CT molecular complexity index is 2230. The van der Waals surface area contributed by atoms with E-state index in [0.717, 1.165) is 81.3 Å². The van der Waals surface area contributed by atoms with Crippen LogP contribution in [0.25, 0.3) is 22.8 Å². The van der Waals surface area contributed by atoms with E-state index in [9.17, 15) is 4.79 Å². The summed E-state index contributed by atoms with van der Waals surface area (Å²) >= 11 is 7.15. The Hall–Kier alpha value is -4.61. The fourth-order valence-corrected chi connectivity index (χ4v) is 8.68. The summed E-state index contributed by atoms with van der Waals surface area (Å²) in [6.45, 7) is 11.0. The van der Waals surface area contributed by atoms with Gasteiger partial charge in [0.05, 0.1) is 11.4 Å². The summed E-state index contributed by atoms with van der Waals surface area (Å²) in [5.41, 5.74) is 11.1. The lowest BCUT2D eigenvalue weighted by atomic mass is 9.85. The maximum Gasteiger partial charge on any atom is 0.225 e. The van der Waals surface area contributed by atoms with Crippen molar-refractivity contribution in [2.45, 2.75) is 78.3 Å². The maximum atomic E-state index is 12.4. The highest BCUT2D eigenvalue weighted by Crippen LogP contribution is 2.45. The van der Waals surface area contributed by atoms with E-state index < -0.39 is 0 Å². The van der Waals surface area contributed by atoms with E-state index in [-0.39, 0.29) is 11.8 Å². The van der Waals surface area contributed by atoms with E-state index in [1.165, 1.54) is 27.8 Å². The first-order valence-electron chi connectivity index (χ1n) is 18.4. The Morgan fingerprint density at radius 2 is 1.25 bits per heavy atom. The molecule has 53 heavy (non-hydrogen) atoms. The zero-order valence-electron chi connectivity index (χ0n) is 30.5. The van der Waals surface area contributed by atoms with Gasteiger partial charge in [-0.05, 0) is 118 Å². The molecule has 6 heterocycles. The van der Waals surface area contributed by atoms with E-state index >= 15 is 0 Å². The molecule has 4 aromatic heterocycles. The number of anilines is 2. The van der Waals surface area contributed by atoms with Crippen LogP contribution >= 0.6 is 31.9 Å². The molecule has 0 radical (unpaired) electrons. The Balaban J connectivity index is 0.000000164. The van der Waals surface area contributed by atoms with Crippen LogP contribution in [-0.4, -0.2) is 42.0 Å². The third-order valence-corrected chi connectivity index (χ3v) is 11.2. The van der Waals surface area contributed by atoms with Crippen molar-refractivity contribution in [1.29, 1.82) is 0 Å². The quantitative estimate of drug-likeness (QED) is 0.173. The van der Waals surface area contributed by atoms with Crippen LogP contribution in [0.1, 0.15) is 84.7 Å². The third-order valence-electron chi connectivity index (χ3n) is 10.2. The SMILES string of the molecule is CCn1nc(-c2ccccn2)c2c1NC(=O)CCC2c1ccc(Br)cc1C.CCn1nc(-c2ccccn2)c2c1NCCCC2c1ccc(Br)cc1C. The number of aryl methyl sites for hydroxylation is 4. The molecule has 0 saturated carbocycles. The molecule has 0 saturated heterocycles. The van der Waals surface area contributed by atoms with Gasteiger partial charge in [-0.1, -0.05) is 56.1 Å². The fourth-order valence-electron chi connectivity index (χ4n) is 7.73. The molecule has 0 spiro atoms. The zero-order valence-corrected chi connectivity index (χ0v) is 33.7. The van der Waals surface area contributed by atoms with E-state index in [0.29, 0.717) is 18.9 Å². The van der Waals surface area contributed by atoms with Crippen LogP contribution in [0.3, 0.4) is 0 Å². The highest BCUT2D eigenvalue weighted by atomic mass is 79.9. The van der Waals surface area contributed by atoms with Crippen molar-refractivity contribution >= 4 is 49.4 Å². The molecule has 2 N–H and O–H groups in total. The van der Waals surface area contributed by atoms with Crippen molar-refractivity contribution in [2.75, 3.05) is 17.2 Å². The lowest BCUT2D eigenvalue weighted by Gasteiger charge is -2.19. The molecule has 11 heteroatoms. The Morgan fingerprint density at radius 1 is 0.717 bits per heavy atom. The standard InChI is InChI=1S/C21H21BrN4O.C21H23BrN4/c1-3-26-21-19(20(25-26)17-6-4-5-11-23-17)16(9-10-18(27)24-21)15-8-7-14(22)12-13(15)2;1-3-26-21-19(20(25-26)18-8-4-5-11-23-18)17(7-6-12-24-21)16-10-9-15(22)13-14(16)2/h4-8,11-12,16H,3,9-10H2,1-2H3,(H,24,27);4-5,8-11,13,17,24H,3,6-7,12H2,1-2H3. The second kappa shape index (κ2) is 16.2. The van der Waals surface area contributed by atoms with Crippen molar-refractivity contribution in [3.63, 3.8) is 0 Å². The minimum Gasteiger partial charge on any atom is -0.370 e. The maximum absolute atomic E-state index is 12.4. The summed E-state index contributed by atoms with van der Waals surface area (Å²) in [5, 5.41) is 16.5. The van der Waals surface area contributed by atoms with Crippen LogP contribution in [0, 0.1) is 13.8 Å². The summed E-state index contributed by atoms with van der Waals surface area (Å²) in [6, 6.07) is 24.8. The zero-order chi connectivity index (χ0) is 37.1. The summed E-state index contributed by atoms with van der Waals surface area (Å²) in [7, 11) is 0. The van der Waals surface area contributed by atoms with Gasteiger partial charge in [-0.25, -0.2) is 9.36 Å². The van der Waals surface area contributed by atoms with Gasteiger partial charge in [0, 0.05) is 70.4 Å². The van der Waals surface area contributed by atoms with Crippen LogP contribution in [0.4, 0.5) is 11.6 Å². The first kappa shape index (κ1) is 36.7. The average Bonchev–Trinajstić information content (AvgIpc) is 3.56. The number of fused-ring (bicyclic) bond motifs is 2. The Labute approximate surface area is 327 Å². The van der Waals surface area contributed by atoms with Crippen molar-refractivity contribution in [3.8, 4) is 22.8 Å². The lowest BCUT2D eigenvalue weighted by molar-refractivity contribution is -0.116. The second-order valence-corrected chi connectivity index (χ2v) is 15.4. The molecule has 2 atom stereocenters. The number of nitrogens with one attached hydrogen (secondary N) is 2. The number of rotatable bonds is 6. The van der Waals surface area contributed by atoms with Gasteiger partial charge in [-0.2, -0.15) is 10.2 Å². The van der Waals surface area contributed by atoms with Gasteiger partial charge in [0.15, 0.2) is 0 Å². The van der Waals surface area contributed by atoms with Crippen molar-refractivity contribution < 1.29 is 4.79 Å². The van der Waals surface area contributed by atoms with Crippen molar-refractivity contribution in [2.24, 2.45) is 0 Å². The van der Waals surface area contributed by atoms with Gasteiger partial charge < -0.3 is 10.6 Å². The van der Waals surface area contributed by atoms with Crippen LogP contribution in [0.5, 0.6) is 0 Å². The van der Waals surface area contributed by atoms with Crippen LogP contribution in [0.2, 0.25) is 0 Å². The minimum atomic E-state index is 0.0377. The van der Waals surface area contributed by atoms with Gasteiger partial charge in [0.25, 0.3) is 0 Å². The van der Waals surface area contributed by atoms with Crippen LogP contribution in [0.15, 0.2) is 94.1 Å². The monoisotopic (exact) mass is 834 g/mol. The number of aromatic nitrogens is 6. The molecule has 0 aliphatic carbocycles. The topological polar surface area (TPSA) is 103 Å². The van der Waals surface area contributed by atoms with Gasteiger partial charge in [0.2, 0.25) is 5.91 Å². The first-order chi connectivity index (χ1) is 25.8. The first-order valence-corrected chi connectivity index (χ1v) is 20.0. The number of halogens is 2. The third kappa shape index (κ3) is 7.59. The number of carbonyl (C=O) groups is 1. The lowest BCUT2D eigenvalue weighted by Crippen LogP contribution is -2.13. The number of benzene rings is 2. The van der Waals surface area contributed by atoms with Crippen molar-refractivity contribution in [1.82, 2.24) is 29.5 Å². The molecule has 6 aromatic rings. The van der Waals surface area contributed by atoms with Gasteiger partial charge in [-0.3, -0.25) is 14.8 Å². The average molecular weight is 837 g/mol. The molecule has 2 aliphatic heterocycles. The largest absolute Gasteiger partial charge is 0.370 e. The van der Waals surface area contributed by atoms with E-state index in [1.54, 1.807) is 6.20 Å². The number of nitrogens with zero attached hydrogens (tertiary/aromatic N) is 6. The van der Waals surface area contributed by atoms with E-state index in [2.05, 4.69) is 120 Å². The summed E-state index contributed by atoms with van der Waals surface area (Å²) in [6.07, 6.45) is 7.10. The molecular weight excluding hydrogens is 792 g/mol. The van der Waals surface area contributed by atoms with Gasteiger partial charge in [0.1, 0.15) is 23.0 Å². The molecule has 2 unspecified atom stereocenters. The molecule has 1 amide bonds. The molecule has 2 aromatic carbocycles. The van der Waals surface area contributed by atoms with Crippen LogP contribution < -0.4 is 10.6 Å². The normalized spacial score (nSPS) is 16.6. The van der Waals surface area contributed by atoms with Gasteiger partial charge >= 0.3 is 0 Å². The van der Waals surface area contributed by atoms with Crippen LogP contribution in [-0.2, 0) is 17.9 Å². The molecular formula is C42H44Br2N8O. The fraction of sp³-hybridized carbons (Fsp3) is 0.310. The highest BCUT2D eigenvalue weighted by molar-refractivity contribution is 9.10. The predicted molar refractivity (Wildman–Crippen MR) is 219 cm³/mol. The molecule has 272 valence electrons. The summed E-state index contributed by atoms with van der Waals surface area (Å²) in [4.78, 5) is 21.5. The smallest absolute Gasteiger partial charge is 0.225 e. The van der Waals surface area contributed by atoms with Crippen molar-refractivity contribution in [3.05, 3.63) is 128 Å².